The molecule has 0 aliphatic carbocycles. The number of amides is 1. The summed E-state index contributed by atoms with van der Waals surface area (Å²) in [4.78, 5) is 14.5. The Hall–Kier alpha value is -1.59. The fourth-order valence-electron chi connectivity index (χ4n) is 2.73. The van der Waals surface area contributed by atoms with E-state index in [9.17, 15) is 4.79 Å². The minimum Gasteiger partial charge on any atom is -0.464 e. The molecule has 0 N–H and O–H groups in total. The molecule has 1 aliphatic heterocycles. The zero-order valence-corrected chi connectivity index (χ0v) is 13.6. The number of morpholine rings is 1. The summed E-state index contributed by atoms with van der Waals surface area (Å²) in [5.41, 5.74) is 1.23. The van der Waals surface area contributed by atoms with Crippen LogP contribution in [0.5, 0.6) is 0 Å². The summed E-state index contributed by atoms with van der Waals surface area (Å²) in [6.45, 7) is 3.81. The third-order valence-electron chi connectivity index (χ3n) is 4.02. The SMILES string of the molecule is CCc1ccc([C@@H]2COCCN2C(=O)CCc2ccsc2)o1. The highest BCUT2D eigenvalue weighted by Gasteiger charge is 2.30. The quantitative estimate of drug-likeness (QED) is 0.848. The van der Waals surface area contributed by atoms with Crippen LogP contribution in [0.1, 0.15) is 36.5 Å². The van der Waals surface area contributed by atoms with Gasteiger partial charge in [0.2, 0.25) is 5.91 Å². The van der Waals surface area contributed by atoms with E-state index in [-0.39, 0.29) is 11.9 Å². The second kappa shape index (κ2) is 7.11. The molecular weight excluding hydrogens is 298 g/mol. The first-order chi connectivity index (χ1) is 10.8. The molecule has 0 saturated carbocycles. The molecule has 1 amide bonds. The fourth-order valence-corrected chi connectivity index (χ4v) is 3.43. The molecule has 1 atom stereocenters. The van der Waals surface area contributed by atoms with Crippen molar-refractivity contribution in [2.45, 2.75) is 32.2 Å². The predicted octanol–water partition coefficient (Wildman–Crippen LogP) is 3.44. The maximum Gasteiger partial charge on any atom is 0.223 e. The number of hydrogen-bond acceptors (Lipinski definition) is 4. The lowest BCUT2D eigenvalue weighted by Gasteiger charge is -2.34. The Balaban J connectivity index is 1.67. The van der Waals surface area contributed by atoms with E-state index in [2.05, 4.69) is 18.4 Å². The minimum absolute atomic E-state index is 0.0935. The summed E-state index contributed by atoms with van der Waals surface area (Å²) in [5.74, 6) is 1.96. The lowest BCUT2D eigenvalue weighted by atomic mass is 10.1. The zero-order chi connectivity index (χ0) is 15.4. The highest BCUT2D eigenvalue weighted by molar-refractivity contribution is 7.07. The molecule has 22 heavy (non-hydrogen) atoms. The Kier molecular flexibility index (Phi) is 4.95. The van der Waals surface area contributed by atoms with Crippen molar-refractivity contribution in [2.24, 2.45) is 0 Å². The molecule has 0 radical (unpaired) electrons. The van der Waals surface area contributed by atoms with Crippen molar-refractivity contribution < 1.29 is 13.9 Å². The third kappa shape index (κ3) is 3.42. The summed E-state index contributed by atoms with van der Waals surface area (Å²) < 4.78 is 11.4. The average Bonchev–Trinajstić information content (AvgIpc) is 3.24. The van der Waals surface area contributed by atoms with Gasteiger partial charge in [0.25, 0.3) is 0 Å². The number of nitrogens with zero attached hydrogens (tertiary/aromatic N) is 1. The Labute approximate surface area is 134 Å². The summed E-state index contributed by atoms with van der Waals surface area (Å²) in [6.07, 6.45) is 2.19. The van der Waals surface area contributed by atoms with Gasteiger partial charge in [-0.25, -0.2) is 0 Å². The largest absolute Gasteiger partial charge is 0.464 e. The average molecular weight is 319 g/mol. The van der Waals surface area contributed by atoms with Crippen LogP contribution in [-0.2, 0) is 22.4 Å². The van der Waals surface area contributed by atoms with E-state index < -0.39 is 0 Å². The van der Waals surface area contributed by atoms with Gasteiger partial charge in [0.1, 0.15) is 17.6 Å². The molecule has 3 rings (SSSR count). The second-order valence-electron chi connectivity index (χ2n) is 5.47. The molecular formula is C17H21NO3S. The third-order valence-corrected chi connectivity index (χ3v) is 4.75. The standard InChI is InChI=1S/C17H21NO3S/c1-2-14-4-5-16(21-14)15-11-20-9-8-18(15)17(19)6-3-13-7-10-22-12-13/h4-5,7,10,12,15H,2-3,6,8-9,11H2,1H3/t15-/m0/s1. The van der Waals surface area contributed by atoms with Crippen LogP contribution in [0.15, 0.2) is 33.4 Å². The number of furan rings is 1. The smallest absolute Gasteiger partial charge is 0.223 e. The van der Waals surface area contributed by atoms with Crippen molar-refractivity contribution in [2.75, 3.05) is 19.8 Å². The molecule has 1 fully saturated rings. The van der Waals surface area contributed by atoms with Crippen molar-refractivity contribution in [3.05, 3.63) is 46.0 Å². The van der Waals surface area contributed by atoms with Gasteiger partial charge in [0.15, 0.2) is 0 Å². The summed E-state index contributed by atoms with van der Waals surface area (Å²) in [6, 6.07) is 5.94. The highest BCUT2D eigenvalue weighted by atomic mass is 32.1. The molecule has 5 heteroatoms. The van der Waals surface area contributed by atoms with Gasteiger partial charge < -0.3 is 14.1 Å². The van der Waals surface area contributed by atoms with Gasteiger partial charge >= 0.3 is 0 Å². The molecule has 1 aliphatic rings. The van der Waals surface area contributed by atoms with Crippen molar-refractivity contribution in [3.63, 3.8) is 0 Å². The Bertz CT molecular complexity index is 605. The van der Waals surface area contributed by atoms with E-state index in [1.807, 2.05) is 22.4 Å². The molecule has 1 saturated heterocycles. The van der Waals surface area contributed by atoms with E-state index in [0.29, 0.717) is 26.2 Å². The van der Waals surface area contributed by atoms with E-state index in [4.69, 9.17) is 9.15 Å². The van der Waals surface area contributed by atoms with Crippen LogP contribution in [0, 0.1) is 0 Å². The van der Waals surface area contributed by atoms with Gasteiger partial charge in [-0.1, -0.05) is 6.92 Å². The van der Waals surface area contributed by atoms with Gasteiger partial charge in [-0.05, 0) is 40.9 Å². The van der Waals surface area contributed by atoms with E-state index in [1.54, 1.807) is 11.3 Å². The van der Waals surface area contributed by atoms with Crippen molar-refractivity contribution in [3.8, 4) is 0 Å². The number of rotatable bonds is 5. The van der Waals surface area contributed by atoms with Gasteiger partial charge in [0, 0.05) is 19.4 Å². The predicted molar refractivity (Wildman–Crippen MR) is 86.0 cm³/mol. The molecule has 4 nitrogen and oxygen atoms in total. The van der Waals surface area contributed by atoms with Crippen LogP contribution in [0.4, 0.5) is 0 Å². The Morgan fingerprint density at radius 1 is 1.41 bits per heavy atom. The van der Waals surface area contributed by atoms with Gasteiger partial charge in [0.05, 0.1) is 13.2 Å². The minimum atomic E-state index is -0.0935. The first-order valence-electron chi connectivity index (χ1n) is 7.75. The number of aryl methyl sites for hydroxylation is 2. The monoisotopic (exact) mass is 319 g/mol. The molecule has 2 aromatic rings. The van der Waals surface area contributed by atoms with Crippen LogP contribution in [0.25, 0.3) is 0 Å². The summed E-state index contributed by atoms with van der Waals surface area (Å²) >= 11 is 1.67. The van der Waals surface area contributed by atoms with Crippen molar-refractivity contribution in [1.82, 2.24) is 4.90 Å². The number of carbonyl (C=O) groups is 1. The zero-order valence-electron chi connectivity index (χ0n) is 12.8. The number of ether oxygens (including phenoxy) is 1. The maximum absolute atomic E-state index is 12.6. The van der Waals surface area contributed by atoms with Crippen LogP contribution in [0.3, 0.4) is 0 Å². The van der Waals surface area contributed by atoms with Crippen LogP contribution in [0.2, 0.25) is 0 Å². The highest BCUT2D eigenvalue weighted by Crippen LogP contribution is 2.27. The molecule has 0 spiro atoms. The molecule has 2 aromatic heterocycles. The fraction of sp³-hybridized carbons (Fsp3) is 0.471. The molecule has 0 unspecified atom stereocenters. The molecule has 0 aromatic carbocycles. The first-order valence-corrected chi connectivity index (χ1v) is 8.69. The lowest BCUT2D eigenvalue weighted by molar-refractivity contribution is -0.141. The van der Waals surface area contributed by atoms with Crippen LogP contribution >= 0.6 is 11.3 Å². The molecule has 118 valence electrons. The first kappa shape index (κ1) is 15.3. The number of thiophene rings is 1. The normalized spacial score (nSPS) is 18.6. The lowest BCUT2D eigenvalue weighted by Crippen LogP contribution is -2.43. The maximum atomic E-state index is 12.6. The Morgan fingerprint density at radius 3 is 3.05 bits per heavy atom. The van der Waals surface area contributed by atoms with Crippen molar-refractivity contribution in [1.29, 1.82) is 0 Å². The van der Waals surface area contributed by atoms with Crippen LogP contribution < -0.4 is 0 Å². The van der Waals surface area contributed by atoms with E-state index in [0.717, 1.165) is 24.4 Å². The summed E-state index contributed by atoms with van der Waals surface area (Å²) in [5, 5.41) is 4.15. The van der Waals surface area contributed by atoms with Crippen LogP contribution in [-0.4, -0.2) is 30.6 Å². The van der Waals surface area contributed by atoms with E-state index >= 15 is 0 Å². The van der Waals surface area contributed by atoms with Gasteiger partial charge in [-0.2, -0.15) is 11.3 Å². The topological polar surface area (TPSA) is 42.7 Å². The Morgan fingerprint density at radius 2 is 2.32 bits per heavy atom. The summed E-state index contributed by atoms with van der Waals surface area (Å²) in [7, 11) is 0. The number of hydrogen-bond donors (Lipinski definition) is 0. The van der Waals surface area contributed by atoms with E-state index in [1.165, 1.54) is 5.56 Å². The van der Waals surface area contributed by atoms with Gasteiger partial charge in [-0.3, -0.25) is 4.79 Å². The van der Waals surface area contributed by atoms with Crippen molar-refractivity contribution >= 4 is 17.2 Å². The molecule has 0 bridgehead atoms. The van der Waals surface area contributed by atoms with Gasteiger partial charge in [-0.15, -0.1) is 0 Å². The second-order valence-corrected chi connectivity index (χ2v) is 6.25. The molecule has 3 heterocycles. The number of carbonyl (C=O) groups excluding carboxylic acids is 1.